The second-order valence-corrected chi connectivity index (χ2v) is 9.08. The van der Waals surface area contributed by atoms with E-state index in [4.69, 9.17) is 0 Å². The van der Waals surface area contributed by atoms with Crippen molar-refractivity contribution in [1.82, 2.24) is 0 Å². The molecule has 0 spiro atoms. The summed E-state index contributed by atoms with van der Waals surface area (Å²) >= 11 is 0. The monoisotopic (exact) mass is 416 g/mol. The zero-order valence-electron chi connectivity index (χ0n) is 20.1. The van der Waals surface area contributed by atoms with E-state index in [2.05, 4.69) is 127 Å². The lowest BCUT2D eigenvalue weighted by Gasteiger charge is -2.10. The van der Waals surface area contributed by atoms with Crippen molar-refractivity contribution in [1.29, 1.82) is 0 Å². The van der Waals surface area contributed by atoms with Crippen molar-refractivity contribution in [2.24, 2.45) is 0 Å². The topological polar surface area (TPSA) is 0 Å². The van der Waals surface area contributed by atoms with Gasteiger partial charge in [-0.05, 0) is 96.8 Å². The minimum atomic E-state index is 1.25. The van der Waals surface area contributed by atoms with Crippen LogP contribution in [0.2, 0.25) is 0 Å². The summed E-state index contributed by atoms with van der Waals surface area (Å²) in [5.74, 6) is 0. The van der Waals surface area contributed by atoms with E-state index >= 15 is 0 Å². The van der Waals surface area contributed by atoms with Crippen LogP contribution < -0.4 is 0 Å². The van der Waals surface area contributed by atoms with Gasteiger partial charge < -0.3 is 0 Å². The first-order valence-electron chi connectivity index (χ1n) is 11.4. The summed E-state index contributed by atoms with van der Waals surface area (Å²) in [6, 6.07) is 22.2. The molecule has 0 fully saturated rings. The number of rotatable bonds is 4. The molecule has 0 saturated carbocycles. The van der Waals surface area contributed by atoms with Gasteiger partial charge in [0.2, 0.25) is 0 Å². The maximum absolute atomic E-state index is 2.26. The number of hydrogen-bond donors (Lipinski definition) is 0. The lowest BCUT2D eigenvalue weighted by atomic mass is 9.95. The van der Waals surface area contributed by atoms with Crippen LogP contribution in [0.1, 0.15) is 55.6 Å². The summed E-state index contributed by atoms with van der Waals surface area (Å²) in [5, 5.41) is 2.57. The summed E-state index contributed by atoms with van der Waals surface area (Å²) in [7, 11) is 0. The van der Waals surface area contributed by atoms with Gasteiger partial charge in [0.05, 0.1) is 0 Å². The zero-order valence-corrected chi connectivity index (χ0v) is 20.1. The van der Waals surface area contributed by atoms with Gasteiger partial charge in [-0.2, -0.15) is 0 Å². The molecule has 0 aliphatic carbocycles. The molecule has 0 unspecified atom stereocenters. The van der Waals surface area contributed by atoms with Crippen molar-refractivity contribution >= 4 is 35.1 Å². The second kappa shape index (κ2) is 9.01. The fraction of sp³-hybridized carbons (Fsp3) is 0.188. The third kappa shape index (κ3) is 4.46. The van der Waals surface area contributed by atoms with E-state index in [1.165, 1.54) is 66.4 Å². The van der Waals surface area contributed by atoms with Crippen LogP contribution in [-0.2, 0) is 0 Å². The number of hydrogen-bond acceptors (Lipinski definition) is 0. The molecular weight excluding hydrogens is 384 g/mol. The molecule has 0 N–H and O–H groups in total. The molecule has 0 nitrogen and oxygen atoms in total. The third-order valence-corrected chi connectivity index (χ3v) is 6.33. The Morgan fingerprint density at radius 3 is 1.12 bits per heavy atom. The van der Waals surface area contributed by atoms with Crippen molar-refractivity contribution < 1.29 is 0 Å². The van der Waals surface area contributed by atoms with Gasteiger partial charge in [-0.25, -0.2) is 0 Å². The molecule has 0 atom stereocenters. The van der Waals surface area contributed by atoms with E-state index in [0.29, 0.717) is 0 Å². The highest BCUT2D eigenvalue weighted by Gasteiger charge is 2.05. The Morgan fingerprint density at radius 2 is 0.781 bits per heavy atom. The Hall–Kier alpha value is -3.38. The van der Waals surface area contributed by atoms with E-state index in [1.54, 1.807) is 0 Å². The smallest absolute Gasteiger partial charge is 0.0105 e. The molecule has 160 valence electrons. The molecule has 0 amide bonds. The Kier molecular flexibility index (Phi) is 6.15. The molecule has 4 aromatic rings. The summed E-state index contributed by atoms with van der Waals surface area (Å²) in [6.45, 7) is 13.1. The van der Waals surface area contributed by atoms with Crippen molar-refractivity contribution in [3.05, 3.63) is 116 Å². The molecule has 32 heavy (non-hydrogen) atoms. The SMILES string of the molecule is Cc1cc(C)c(C=Cc2ccc(C=Cc3c(C)cc(C)cc3C)c3ccccc23)c(C)c1. The molecule has 0 aromatic heterocycles. The maximum Gasteiger partial charge on any atom is -0.0105 e. The maximum atomic E-state index is 2.26. The summed E-state index contributed by atoms with van der Waals surface area (Å²) in [6.07, 6.45) is 9.05. The molecule has 0 bridgehead atoms. The molecule has 0 heteroatoms. The van der Waals surface area contributed by atoms with E-state index < -0.39 is 0 Å². The van der Waals surface area contributed by atoms with Gasteiger partial charge in [-0.1, -0.05) is 96.1 Å². The average molecular weight is 417 g/mol. The highest BCUT2D eigenvalue weighted by Crippen LogP contribution is 2.28. The van der Waals surface area contributed by atoms with Gasteiger partial charge in [-0.15, -0.1) is 0 Å². The van der Waals surface area contributed by atoms with Gasteiger partial charge in [0, 0.05) is 0 Å². The Morgan fingerprint density at radius 1 is 0.438 bits per heavy atom. The molecule has 4 rings (SSSR count). The van der Waals surface area contributed by atoms with Gasteiger partial charge in [0.15, 0.2) is 0 Å². The number of benzene rings is 4. The predicted molar refractivity (Wildman–Crippen MR) is 143 cm³/mol. The van der Waals surface area contributed by atoms with Crippen LogP contribution in [0, 0.1) is 41.5 Å². The predicted octanol–water partition coefficient (Wildman–Crippen LogP) is 9.03. The van der Waals surface area contributed by atoms with E-state index in [0.717, 1.165) is 0 Å². The Bertz CT molecular complexity index is 1210. The fourth-order valence-corrected chi connectivity index (χ4v) is 4.89. The first-order chi connectivity index (χ1) is 15.3. The highest BCUT2D eigenvalue weighted by molar-refractivity contribution is 5.99. The van der Waals surface area contributed by atoms with Crippen LogP contribution in [0.15, 0.2) is 60.7 Å². The van der Waals surface area contributed by atoms with Gasteiger partial charge in [0.1, 0.15) is 0 Å². The van der Waals surface area contributed by atoms with E-state index in [9.17, 15) is 0 Å². The second-order valence-electron chi connectivity index (χ2n) is 9.08. The largest absolute Gasteiger partial charge is 0.0616 e. The summed E-state index contributed by atoms with van der Waals surface area (Å²) < 4.78 is 0. The van der Waals surface area contributed by atoms with Crippen molar-refractivity contribution in [3.8, 4) is 0 Å². The summed E-state index contributed by atoms with van der Waals surface area (Å²) in [4.78, 5) is 0. The first kappa shape index (κ1) is 21.8. The standard InChI is InChI=1S/C32H32/c1-21-17-23(3)29(24(4)18-21)15-13-27-11-12-28(32-10-8-7-9-31(27)32)14-16-30-25(5)19-22(2)20-26(30)6/h7-20H,1-6H3. The number of aryl methyl sites for hydroxylation is 6. The van der Waals surface area contributed by atoms with Gasteiger partial charge >= 0.3 is 0 Å². The van der Waals surface area contributed by atoms with Crippen LogP contribution in [0.3, 0.4) is 0 Å². The summed E-state index contributed by atoms with van der Waals surface area (Å²) in [5.41, 5.74) is 13.1. The normalized spacial score (nSPS) is 11.8. The quantitative estimate of drug-likeness (QED) is 0.291. The molecule has 0 saturated heterocycles. The lowest BCUT2D eigenvalue weighted by Crippen LogP contribution is -1.89. The van der Waals surface area contributed by atoms with Crippen LogP contribution in [0.5, 0.6) is 0 Å². The minimum absolute atomic E-state index is 1.25. The van der Waals surface area contributed by atoms with Crippen LogP contribution in [-0.4, -0.2) is 0 Å². The van der Waals surface area contributed by atoms with Crippen molar-refractivity contribution in [2.45, 2.75) is 41.5 Å². The number of fused-ring (bicyclic) bond motifs is 1. The molecule has 0 radical (unpaired) electrons. The molecule has 0 aliphatic heterocycles. The fourth-order valence-electron chi connectivity index (χ4n) is 4.89. The molecular formula is C32H32. The van der Waals surface area contributed by atoms with Crippen LogP contribution >= 0.6 is 0 Å². The van der Waals surface area contributed by atoms with Gasteiger partial charge in [-0.3, -0.25) is 0 Å². The van der Waals surface area contributed by atoms with E-state index in [1.807, 2.05) is 0 Å². The first-order valence-corrected chi connectivity index (χ1v) is 11.4. The van der Waals surface area contributed by atoms with Crippen molar-refractivity contribution in [2.75, 3.05) is 0 Å². The molecule has 4 aromatic carbocycles. The molecule has 0 heterocycles. The Balaban J connectivity index is 1.75. The minimum Gasteiger partial charge on any atom is -0.0616 e. The third-order valence-electron chi connectivity index (χ3n) is 6.33. The van der Waals surface area contributed by atoms with Gasteiger partial charge in [0.25, 0.3) is 0 Å². The zero-order chi connectivity index (χ0) is 22.8. The van der Waals surface area contributed by atoms with Crippen LogP contribution in [0.4, 0.5) is 0 Å². The molecule has 0 aliphatic rings. The van der Waals surface area contributed by atoms with E-state index in [-0.39, 0.29) is 0 Å². The van der Waals surface area contributed by atoms with Crippen LogP contribution in [0.25, 0.3) is 35.1 Å². The Labute approximate surface area is 192 Å². The van der Waals surface area contributed by atoms with Crippen molar-refractivity contribution in [3.63, 3.8) is 0 Å². The average Bonchev–Trinajstić information content (AvgIpc) is 2.73. The highest BCUT2D eigenvalue weighted by atomic mass is 14.1. The lowest BCUT2D eigenvalue weighted by molar-refractivity contribution is 1.30.